The van der Waals surface area contributed by atoms with Gasteiger partial charge in [0.05, 0.1) is 0 Å². The number of nitrogens with one attached hydrogen (secondary N) is 2. The van der Waals surface area contributed by atoms with Crippen LogP contribution in [0.2, 0.25) is 0 Å². The van der Waals surface area contributed by atoms with Gasteiger partial charge in [-0.15, -0.1) is 12.4 Å². The SMILES string of the molecule is Cl.O=C(c1ccc(-c2ccccc2)[nH]1)N1CCCC2(CCNC2)C1. The lowest BCUT2D eigenvalue weighted by Crippen LogP contribution is -2.47. The van der Waals surface area contributed by atoms with Gasteiger partial charge in [-0.2, -0.15) is 0 Å². The lowest BCUT2D eigenvalue weighted by atomic mass is 9.79. The Morgan fingerprint density at radius 3 is 2.67 bits per heavy atom. The topological polar surface area (TPSA) is 48.1 Å². The van der Waals surface area contributed by atoms with Crippen LogP contribution in [0.25, 0.3) is 11.3 Å². The number of carbonyl (C=O) groups excluding carboxylic acids is 1. The minimum atomic E-state index is 0. The molecule has 2 aliphatic heterocycles. The van der Waals surface area contributed by atoms with Crippen LogP contribution in [0.3, 0.4) is 0 Å². The van der Waals surface area contributed by atoms with E-state index < -0.39 is 0 Å². The maximum absolute atomic E-state index is 12.9. The molecule has 0 radical (unpaired) electrons. The van der Waals surface area contributed by atoms with Gasteiger partial charge in [0.15, 0.2) is 0 Å². The fraction of sp³-hybridized carbons (Fsp3) is 0.421. The zero-order valence-corrected chi connectivity index (χ0v) is 14.6. The molecular weight excluding hydrogens is 322 g/mol. The third-order valence-corrected chi connectivity index (χ3v) is 5.28. The van der Waals surface area contributed by atoms with Crippen LogP contribution in [0.15, 0.2) is 42.5 Å². The average molecular weight is 346 g/mol. The number of hydrogen-bond acceptors (Lipinski definition) is 2. The average Bonchev–Trinajstić information content (AvgIpc) is 3.25. The Morgan fingerprint density at radius 1 is 1.08 bits per heavy atom. The van der Waals surface area contributed by atoms with Crippen molar-refractivity contribution in [1.29, 1.82) is 0 Å². The van der Waals surface area contributed by atoms with Crippen LogP contribution in [0.5, 0.6) is 0 Å². The highest BCUT2D eigenvalue weighted by Crippen LogP contribution is 2.36. The van der Waals surface area contributed by atoms with E-state index in [1.165, 1.54) is 12.8 Å². The Labute approximate surface area is 149 Å². The summed E-state index contributed by atoms with van der Waals surface area (Å²) < 4.78 is 0. The van der Waals surface area contributed by atoms with Crippen LogP contribution < -0.4 is 5.32 Å². The largest absolute Gasteiger partial charge is 0.351 e. The van der Waals surface area contributed by atoms with Gasteiger partial charge in [-0.1, -0.05) is 30.3 Å². The van der Waals surface area contributed by atoms with Crippen molar-refractivity contribution < 1.29 is 4.79 Å². The van der Waals surface area contributed by atoms with Crippen LogP contribution >= 0.6 is 12.4 Å². The molecule has 5 heteroatoms. The van der Waals surface area contributed by atoms with Crippen LogP contribution in [0, 0.1) is 5.41 Å². The van der Waals surface area contributed by atoms with Gasteiger partial charge in [0.25, 0.3) is 5.91 Å². The van der Waals surface area contributed by atoms with Gasteiger partial charge in [0.1, 0.15) is 5.69 Å². The molecule has 4 rings (SSSR count). The molecular formula is C19H24ClN3O. The molecule has 0 bridgehead atoms. The van der Waals surface area contributed by atoms with Crippen LogP contribution in [-0.4, -0.2) is 42.0 Å². The van der Waals surface area contributed by atoms with E-state index in [4.69, 9.17) is 0 Å². The molecule has 1 amide bonds. The number of carbonyl (C=O) groups is 1. The fourth-order valence-electron chi connectivity index (χ4n) is 4.00. The van der Waals surface area contributed by atoms with E-state index >= 15 is 0 Å². The van der Waals surface area contributed by atoms with Gasteiger partial charge >= 0.3 is 0 Å². The van der Waals surface area contributed by atoms with Crippen molar-refractivity contribution in [2.75, 3.05) is 26.2 Å². The number of H-pyrrole nitrogens is 1. The highest BCUT2D eigenvalue weighted by Gasteiger charge is 2.39. The lowest BCUT2D eigenvalue weighted by molar-refractivity contribution is 0.0548. The second-order valence-corrected chi connectivity index (χ2v) is 6.91. The first-order chi connectivity index (χ1) is 11.3. The molecule has 24 heavy (non-hydrogen) atoms. The Balaban J connectivity index is 0.00000169. The van der Waals surface area contributed by atoms with E-state index in [1.54, 1.807) is 0 Å². The van der Waals surface area contributed by atoms with Gasteiger partial charge in [-0.25, -0.2) is 0 Å². The van der Waals surface area contributed by atoms with E-state index in [0.29, 0.717) is 11.1 Å². The Bertz CT molecular complexity index is 692. The van der Waals surface area contributed by atoms with Crippen molar-refractivity contribution in [2.24, 2.45) is 5.41 Å². The predicted octanol–water partition coefficient (Wildman–Crippen LogP) is 3.32. The molecule has 2 fully saturated rings. The van der Waals surface area contributed by atoms with Gasteiger partial charge in [-0.3, -0.25) is 4.79 Å². The zero-order valence-electron chi connectivity index (χ0n) is 13.8. The number of nitrogens with zero attached hydrogens (tertiary/aromatic N) is 1. The van der Waals surface area contributed by atoms with Crippen LogP contribution in [0.1, 0.15) is 29.8 Å². The summed E-state index contributed by atoms with van der Waals surface area (Å²) in [6.45, 7) is 3.90. The second-order valence-electron chi connectivity index (χ2n) is 6.91. The van der Waals surface area contributed by atoms with E-state index in [0.717, 1.165) is 43.9 Å². The van der Waals surface area contributed by atoms with Crippen molar-refractivity contribution in [3.63, 3.8) is 0 Å². The summed E-state index contributed by atoms with van der Waals surface area (Å²) >= 11 is 0. The summed E-state index contributed by atoms with van der Waals surface area (Å²) in [6, 6.07) is 14.1. The van der Waals surface area contributed by atoms with E-state index in [9.17, 15) is 4.79 Å². The molecule has 2 N–H and O–H groups in total. The minimum absolute atomic E-state index is 0. The first kappa shape index (κ1) is 17.1. The Kier molecular flexibility index (Phi) is 4.97. The molecule has 3 heterocycles. The molecule has 1 aromatic heterocycles. The maximum atomic E-state index is 12.9. The monoisotopic (exact) mass is 345 g/mol. The third kappa shape index (κ3) is 3.21. The number of aromatic amines is 1. The summed E-state index contributed by atoms with van der Waals surface area (Å²) in [6.07, 6.45) is 3.54. The van der Waals surface area contributed by atoms with E-state index in [1.807, 2.05) is 35.2 Å². The van der Waals surface area contributed by atoms with E-state index in [-0.39, 0.29) is 18.3 Å². The summed E-state index contributed by atoms with van der Waals surface area (Å²) in [5, 5.41) is 3.46. The number of piperidine rings is 1. The number of rotatable bonds is 2. The van der Waals surface area contributed by atoms with Crippen molar-refractivity contribution in [3.05, 3.63) is 48.2 Å². The molecule has 0 saturated carbocycles. The molecule has 1 unspecified atom stereocenters. The molecule has 2 aliphatic rings. The molecule has 2 aromatic rings. The van der Waals surface area contributed by atoms with Crippen molar-refractivity contribution in [3.8, 4) is 11.3 Å². The second kappa shape index (κ2) is 6.99. The molecule has 1 atom stereocenters. The number of likely N-dealkylation sites (tertiary alicyclic amines) is 1. The summed E-state index contributed by atoms with van der Waals surface area (Å²) in [7, 11) is 0. The Morgan fingerprint density at radius 2 is 1.92 bits per heavy atom. The Hall–Kier alpha value is -1.78. The molecule has 1 aromatic carbocycles. The quantitative estimate of drug-likeness (QED) is 0.877. The summed E-state index contributed by atoms with van der Waals surface area (Å²) in [4.78, 5) is 18.2. The van der Waals surface area contributed by atoms with Gasteiger partial charge in [0, 0.05) is 30.7 Å². The van der Waals surface area contributed by atoms with Crippen molar-refractivity contribution in [1.82, 2.24) is 15.2 Å². The first-order valence-electron chi connectivity index (χ1n) is 8.50. The molecule has 0 aliphatic carbocycles. The number of amides is 1. The van der Waals surface area contributed by atoms with Crippen molar-refractivity contribution in [2.45, 2.75) is 19.3 Å². The van der Waals surface area contributed by atoms with Gasteiger partial charge in [0.2, 0.25) is 0 Å². The van der Waals surface area contributed by atoms with Gasteiger partial charge < -0.3 is 15.2 Å². The number of benzene rings is 1. The maximum Gasteiger partial charge on any atom is 0.270 e. The smallest absolute Gasteiger partial charge is 0.270 e. The normalized spacial score (nSPS) is 23.2. The van der Waals surface area contributed by atoms with E-state index in [2.05, 4.69) is 22.4 Å². The predicted molar refractivity (Wildman–Crippen MR) is 98.5 cm³/mol. The van der Waals surface area contributed by atoms with Gasteiger partial charge in [-0.05, 0) is 43.5 Å². The first-order valence-corrected chi connectivity index (χ1v) is 8.50. The number of halogens is 1. The number of hydrogen-bond donors (Lipinski definition) is 2. The fourth-order valence-corrected chi connectivity index (χ4v) is 4.00. The molecule has 4 nitrogen and oxygen atoms in total. The highest BCUT2D eigenvalue weighted by molar-refractivity contribution is 5.93. The molecule has 2 saturated heterocycles. The molecule has 1 spiro atoms. The summed E-state index contributed by atoms with van der Waals surface area (Å²) in [5.74, 6) is 0.137. The highest BCUT2D eigenvalue weighted by atomic mass is 35.5. The minimum Gasteiger partial charge on any atom is -0.351 e. The van der Waals surface area contributed by atoms with Crippen molar-refractivity contribution >= 4 is 18.3 Å². The number of aromatic nitrogens is 1. The third-order valence-electron chi connectivity index (χ3n) is 5.28. The molecule has 128 valence electrons. The standard InChI is InChI=1S/C19H23N3O.ClH/c23-18(22-12-4-9-19(14-22)10-11-20-13-19)17-8-7-16(21-17)15-5-2-1-3-6-15;/h1-3,5-8,20-21H,4,9-14H2;1H. The summed E-state index contributed by atoms with van der Waals surface area (Å²) in [5.41, 5.74) is 3.12. The zero-order chi connectivity index (χ0) is 15.7. The lowest BCUT2D eigenvalue weighted by Gasteiger charge is -2.39. The van der Waals surface area contributed by atoms with Crippen LogP contribution in [0.4, 0.5) is 0 Å². The van der Waals surface area contributed by atoms with Crippen LogP contribution in [-0.2, 0) is 0 Å².